The van der Waals surface area contributed by atoms with Gasteiger partial charge in [0.1, 0.15) is 6.54 Å². The first-order chi connectivity index (χ1) is 12.3. The predicted molar refractivity (Wildman–Crippen MR) is 98.4 cm³/mol. The summed E-state index contributed by atoms with van der Waals surface area (Å²) in [6, 6.07) is 17.9. The second-order valence-corrected chi connectivity index (χ2v) is 5.69. The van der Waals surface area contributed by atoms with Crippen molar-refractivity contribution in [3.05, 3.63) is 60.2 Å². The van der Waals surface area contributed by atoms with Crippen LogP contribution in [-0.2, 0) is 22.6 Å². The van der Waals surface area contributed by atoms with Gasteiger partial charge in [-0.25, -0.2) is 4.98 Å². The maximum Gasteiger partial charge on any atom is 0.240 e. The molecule has 6 nitrogen and oxygen atoms in total. The summed E-state index contributed by atoms with van der Waals surface area (Å²) in [6.07, 6.45) is 0. The van der Waals surface area contributed by atoms with Crippen molar-refractivity contribution in [1.82, 2.24) is 14.9 Å². The molecule has 0 aliphatic heterocycles. The predicted octanol–water partition coefficient (Wildman–Crippen LogP) is 2.41. The van der Waals surface area contributed by atoms with Crippen LogP contribution in [0.4, 0.5) is 5.95 Å². The Morgan fingerprint density at radius 3 is 2.68 bits per heavy atom. The number of rotatable bonds is 8. The number of nitrogens with one attached hydrogen (secondary N) is 2. The average Bonchev–Trinajstić information content (AvgIpc) is 2.99. The number of anilines is 1. The molecule has 0 aliphatic carbocycles. The summed E-state index contributed by atoms with van der Waals surface area (Å²) in [7, 11) is 1.61. The minimum absolute atomic E-state index is 0.0667. The van der Waals surface area contributed by atoms with Crippen LogP contribution < -0.4 is 10.6 Å². The quantitative estimate of drug-likeness (QED) is 0.619. The highest BCUT2D eigenvalue weighted by Crippen LogP contribution is 2.20. The van der Waals surface area contributed by atoms with E-state index in [2.05, 4.69) is 27.8 Å². The van der Waals surface area contributed by atoms with E-state index in [1.807, 2.05) is 47.0 Å². The van der Waals surface area contributed by atoms with E-state index >= 15 is 0 Å². The Morgan fingerprint density at radius 2 is 1.88 bits per heavy atom. The lowest BCUT2D eigenvalue weighted by atomic mass is 10.2. The molecule has 3 aromatic rings. The maximum absolute atomic E-state index is 12.2. The van der Waals surface area contributed by atoms with E-state index < -0.39 is 0 Å². The monoisotopic (exact) mass is 338 g/mol. The summed E-state index contributed by atoms with van der Waals surface area (Å²) < 4.78 is 6.87. The number of carbonyl (C=O) groups excluding carboxylic acids is 1. The smallest absolute Gasteiger partial charge is 0.240 e. The molecule has 3 rings (SSSR count). The summed E-state index contributed by atoms with van der Waals surface area (Å²) in [4.78, 5) is 16.8. The largest absolute Gasteiger partial charge is 0.383 e. The zero-order valence-electron chi connectivity index (χ0n) is 14.2. The molecule has 25 heavy (non-hydrogen) atoms. The lowest BCUT2D eigenvalue weighted by Gasteiger charge is -2.11. The molecule has 2 N–H and O–H groups in total. The number of fused-ring (bicyclic) bond motifs is 1. The molecule has 0 unspecified atom stereocenters. The number of ether oxygens (including phenoxy) is 1. The van der Waals surface area contributed by atoms with Crippen LogP contribution >= 0.6 is 0 Å². The molecule has 6 heteroatoms. The van der Waals surface area contributed by atoms with E-state index in [-0.39, 0.29) is 12.5 Å². The number of amides is 1. The minimum atomic E-state index is -0.0667. The minimum Gasteiger partial charge on any atom is -0.383 e. The van der Waals surface area contributed by atoms with Crippen LogP contribution in [0.5, 0.6) is 0 Å². The number of aromatic nitrogens is 2. The topological polar surface area (TPSA) is 68.2 Å². The molecule has 0 aliphatic rings. The number of hydrogen-bond acceptors (Lipinski definition) is 4. The third kappa shape index (κ3) is 4.36. The number of benzene rings is 2. The normalized spacial score (nSPS) is 10.8. The number of carbonyl (C=O) groups is 1. The second-order valence-electron chi connectivity index (χ2n) is 5.69. The third-order valence-electron chi connectivity index (χ3n) is 3.88. The van der Waals surface area contributed by atoms with Crippen molar-refractivity contribution in [3.8, 4) is 0 Å². The van der Waals surface area contributed by atoms with Crippen LogP contribution in [0.3, 0.4) is 0 Å². The Hall–Kier alpha value is -2.86. The molecule has 1 heterocycles. The molecule has 1 aromatic heterocycles. The van der Waals surface area contributed by atoms with Crippen LogP contribution in [0.2, 0.25) is 0 Å². The van der Waals surface area contributed by atoms with Gasteiger partial charge in [0.25, 0.3) is 0 Å². The van der Waals surface area contributed by atoms with Crippen LogP contribution in [-0.4, -0.2) is 35.7 Å². The van der Waals surface area contributed by atoms with E-state index in [1.165, 1.54) is 0 Å². The van der Waals surface area contributed by atoms with Gasteiger partial charge < -0.3 is 19.9 Å². The van der Waals surface area contributed by atoms with Crippen molar-refractivity contribution in [2.45, 2.75) is 13.1 Å². The van der Waals surface area contributed by atoms with E-state index in [1.54, 1.807) is 7.11 Å². The molecule has 0 saturated carbocycles. The molecule has 0 spiro atoms. The number of nitrogens with zero attached hydrogens (tertiary/aromatic N) is 2. The Balaban J connectivity index is 1.78. The number of imidazole rings is 1. The summed E-state index contributed by atoms with van der Waals surface area (Å²) in [5.41, 5.74) is 2.95. The highest BCUT2D eigenvalue weighted by Gasteiger charge is 2.13. The van der Waals surface area contributed by atoms with Gasteiger partial charge in [-0.1, -0.05) is 42.5 Å². The van der Waals surface area contributed by atoms with Gasteiger partial charge >= 0.3 is 0 Å². The second kappa shape index (κ2) is 8.30. The Labute approximate surface area is 146 Å². The summed E-state index contributed by atoms with van der Waals surface area (Å²) >= 11 is 0. The van der Waals surface area contributed by atoms with Gasteiger partial charge in [-0.3, -0.25) is 4.79 Å². The van der Waals surface area contributed by atoms with E-state index in [4.69, 9.17) is 4.74 Å². The zero-order valence-corrected chi connectivity index (χ0v) is 14.2. The van der Waals surface area contributed by atoms with Crippen LogP contribution in [0.25, 0.3) is 11.0 Å². The first-order valence-corrected chi connectivity index (χ1v) is 8.26. The van der Waals surface area contributed by atoms with Gasteiger partial charge in [-0.15, -0.1) is 0 Å². The lowest BCUT2D eigenvalue weighted by molar-refractivity contribution is -0.121. The maximum atomic E-state index is 12.2. The molecule has 0 bridgehead atoms. The highest BCUT2D eigenvalue weighted by molar-refractivity contribution is 5.83. The van der Waals surface area contributed by atoms with Gasteiger partial charge in [-0.2, -0.15) is 0 Å². The molecule has 1 amide bonds. The van der Waals surface area contributed by atoms with E-state index in [0.717, 1.165) is 16.6 Å². The SMILES string of the molecule is COCCNC(=O)Cn1c(NCc2ccccc2)nc2ccccc21. The first kappa shape index (κ1) is 17.0. The molecular formula is C19H22N4O2. The Bertz CT molecular complexity index is 830. The summed E-state index contributed by atoms with van der Waals surface area (Å²) in [5.74, 6) is 0.620. The lowest BCUT2D eigenvalue weighted by Crippen LogP contribution is -2.30. The van der Waals surface area contributed by atoms with Gasteiger partial charge in [0.2, 0.25) is 11.9 Å². The van der Waals surface area contributed by atoms with Crippen molar-refractivity contribution in [1.29, 1.82) is 0 Å². The Morgan fingerprint density at radius 1 is 1.12 bits per heavy atom. The molecular weight excluding hydrogens is 316 g/mol. The number of hydrogen-bond donors (Lipinski definition) is 2. The van der Waals surface area contributed by atoms with Crippen molar-refractivity contribution in [2.24, 2.45) is 0 Å². The fourth-order valence-corrected chi connectivity index (χ4v) is 2.64. The zero-order chi connectivity index (χ0) is 17.5. The van der Waals surface area contributed by atoms with Crippen molar-refractivity contribution in [3.63, 3.8) is 0 Å². The first-order valence-electron chi connectivity index (χ1n) is 8.26. The number of methoxy groups -OCH3 is 1. The average molecular weight is 338 g/mol. The summed E-state index contributed by atoms with van der Waals surface area (Å²) in [5, 5.41) is 6.19. The van der Waals surface area contributed by atoms with Gasteiger partial charge in [0.15, 0.2) is 0 Å². The van der Waals surface area contributed by atoms with E-state index in [9.17, 15) is 4.79 Å². The summed E-state index contributed by atoms with van der Waals surface area (Å²) in [6.45, 7) is 1.85. The number of para-hydroxylation sites is 2. The molecule has 2 aromatic carbocycles. The van der Waals surface area contributed by atoms with Gasteiger partial charge in [0.05, 0.1) is 17.6 Å². The fourth-order valence-electron chi connectivity index (χ4n) is 2.64. The standard InChI is InChI=1S/C19H22N4O2/c1-25-12-11-20-18(24)14-23-17-10-6-5-9-16(17)22-19(23)21-13-15-7-3-2-4-8-15/h2-10H,11-14H2,1H3,(H,20,24)(H,21,22). The molecule has 0 saturated heterocycles. The molecule has 0 fully saturated rings. The van der Waals surface area contributed by atoms with Gasteiger partial charge in [-0.05, 0) is 17.7 Å². The van der Waals surface area contributed by atoms with Crippen molar-refractivity contribution < 1.29 is 9.53 Å². The molecule has 130 valence electrons. The fraction of sp³-hybridized carbons (Fsp3) is 0.263. The van der Waals surface area contributed by atoms with Crippen molar-refractivity contribution >= 4 is 22.9 Å². The highest BCUT2D eigenvalue weighted by atomic mass is 16.5. The van der Waals surface area contributed by atoms with Crippen LogP contribution in [0.15, 0.2) is 54.6 Å². The van der Waals surface area contributed by atoms with E-state index in [0.29, 0.717) is 25.6 Å². The van der Waals surface area contributed by atoms with Gasteiger partial charge in [0, 0.05) is 20.2 Å². The van der Waals surface area contributed by atoms with Crippen molar-refractivity contribution in [2.75, 3.05) is 25.6 Å². The molecule has 0 atom stereocenters. The van der Waals surface area contributed by atoms with Crippen LogP contribution in [0.1, 0.15) is 5.56 Å². The third-order valence-corrected chi connectivity index (χ3v) is 3.88. The Kier molecular flexibility index (Phi) is 5.64. The molecule has 0 radical (unpaired) electrons. The van der Waals surface area contributed by atoms with Crippen LogP contribution in [0, 0.1) is 0 Å².